The molecule has 0 spiro atoms. The summed E-state index contributed by atoms with van der Waals surface area (Å²) in [5.74, 6) is 0.259. The number of ether oxygens (including phenoxy) is 1. The molecule has 0 radical (unpaired) electrons. The largest absolute Gasteiger partial charge is 0.462 e. The van der Waals surface area contributed by atoms with Crippen molar-refractivity contribution in [2.45, 2.75) is 25.7 Å². The minimum atomic E-state index is -0.250. The van der Waals surface area contributed by atoms with Crippen molar-refractivity contribution >= 4 is 17.3 Å². The molecule has 1 saturated heterocycles. The Morgan fingerprint density at radius 1 is 1.62 bits per heavy atom. The topological polar surface area (TPSA) is 51.2 Å². The highest BCUT2D eigenvalue weighted by Gasteiger charge is 2.20. The number of thiazole rings is 1. The highest BCUT2D eigenvalue weighted by molar-refractivity contribution is 7.13. The Kier molecular flexibility index (Phi) is 3.90. The normalized spacial score (nSPS) is 17.3. The molecular weight excluding hydrogens is 224 g/mol. The second-order valence-electron chi connectivity index (χ2n) is 3.81. The highest BCUT2D eigenvalue weighted by atomic mass is 32.1. The summed E-state index contributed by atoms with van der Waals surface area (Å²) in [6.07, 6.45) is 3.85. The number of esters is 1. The van der Waals surface area contributed by atoms with Crippen LogP contribution in [0.2, 0.25) is 0 Å². The second-order valence-corrected chi connectivity index (χ2v) is 4.87. The average Bonchev–Trinajstić information content (AvgIpc) is 2.80. The van der Waals surface area contributed by atoms with Crippen molar-refractivity contribution in [3.8, 4) is 0 Å². The number of rotatable bonds is 3. The van der Waals surface area contributed by atoms with Crippen LogP contribution in [-0.4, -0.2) is 30.6 Å². The summed E-state index contributed by atoms with van der Waals surface area (Å²) < 4.78 is 4.95. The van der Waals surface area contributed by atoms with E-state index in [1.807, 2.05) is 6.92 Å². The molecular formula is C11H16N2O2S. The number of carbonyl (C=O) groups is 1. The molecule has 0 aromatic carbocycles. The van der Waals surface area contributed by atoms with Crippen molar-refractivity contribution < 1.29 is 9.53 Å². The van der Waals surface area contributed by atoms with E-state index in [2.05, 4.69) is 10.3 Å². The van der Waals surface area contributed by atoms with Crippen LogP contribution in [0.25, 0.3) is 0 Å². The third-order valence-electron chi connectivity index (χ3n) is 2.69. The summed E-state index contributed by atoms with van der Waals surface area (Å²) in [6.45, 7) is 4.31. The quantitative estimate of drug-likeness (QED) is 0.818. The van der Waals surface area contributed by atoms with Crippen LogP contribution in [0, 0.1) is 0 Å². The average molecular weight is 240 g/mol. The summed E-state index contributed by atoms with van der Waals surface area (Å²) in [5.41, 5.74) is 0. The van der Waals surface area contributed by atoms with E-state index in [0.717, 1.165) is 30.9 Å². The lowest BCUT2D eigenvalue weighted by Gasteiger charge is -2.20. The maximum Gasteiger partial charge on any atom is 0.349 e. The summed E-state index contributed by atoms with van der Waals surface area (Å²) >= 11 is 1.47. The first-order valence-corrected chi connectivity index (χ1v) is 6.46. The monoisotopic (exact) mass is 240 g/mol. The Labute approximate surface area is 99.0 Å². The van der Waals surface area contributed by atoms with Crippen LogP contribution >= 0.6 is 11.3 Å². The van der Waals surface area contributed by atoms with Gasteiger partial charge in [0.2, 0.25) is 0 Å². The van der Waals surface area contributed by atoms with E-state index in [1.165, 1.54) is 11.3 Å². The van der Waals surface area contributed by atoms with E-state index in [-0.39, 0.29) is 5.97 Å². The van der Waals surface area contributed by atoms with Crippen molar-refractivity contribution in [1.29, 1.82) is 0 Å². The van der Waals surface area contributed by atoms with Gasteiger partial charge in [-0.25, -0.2) is 9.78 Å². The molecule has 1 aliphatic heterocycles. The molecule has 0 unspecified atom stereocenters. The molecule has 1 fully saturated rings. The third-order valence-corrected chi connectivity index (χ3v) is 3.83. The Morgan fingerprint density at radius 2 is 2.38 bits per heavy atom. The number of piperidine rings is 1. The maximum absolute atomic E-state index is 11.5. The summed E-state index contributed by atoms with van der Waals surface area (Å²) in [7, 11) is 0. The van der Waals surface area contributed by atoms with Crippen LogP contribution in [0.15, 0.2) is 6.20 Å². The van der Waals surface area contributed by atoms with E-state index >= 15 is 0 Å². The van der Waals surface area contributed by atoms with Gasteiger partial charge >= 0.3 is 5.97 Å². The Bertz CT molecular complexity index is 359. The lowest BCUT2D eigenvalue weighted by molar-refractivity contribution is 0.0532. The molecule has 0 aliphatic carbocycles. The lowest BCUT2D eigenvalue weighted by atomic mass is 9.99. The Morgan fingerprint density at radius 3 is 3.06 bits per heavy atom. The van der Waals surface area contributed by atoms with Crippen molar-refractivity contribution in [3.05, 3.63) is 16.1 Å². The molecule has 4 nitrogen and oxygen atoms in total. The van der Waals surface area contributed by atoms with Gasteiger partial charge in [0.25, 0.3) is 0 Å². The molecule has 2 rings (SSSR count). The zero-order valence-corrected chi connectivity index (χ0v) is 10.2. The van der Waals surface area contributed by atoms with E-state index in [1.54, 1.807) is 6.20 Å². The molecule has 1 N–H and O–H groups in total. The SMILES string of the molecule is CCOC(=O)c1cnc(C2CCNCC2)s1. The molecule has 0 atom stereocenters. The Balaban J connectivity index is 2.03. The van der Waals surface area contributed by atoms with Crippen molar-refractivity contribution in [2.24, 2.45) is 0 Å². The standard InChI is InChI=1S/C11H16N2O2S/c1-2-15-11(14)9-7-13-10(16-9)8-3-5-12-6-4-8/h7-8,12H,2-6H2,1H3. The predicted molar refractivity (Wildman–Crippen MR) is 62.9 cm³/mol. The molecule has 5 heteroatoms. The highest BCUT2D eigenvalue weighted by Crippen LogP contribution is 2.28. The fourth-order valence-corrected chi connectivity index (χ4v) is 2.82. The van der Waals surface area contributed by atoms with Crippen LogP contribution in [0.4, 0.5) is 0 Å². The number of hydrogen-bond donors (Lipinski definition) is 1. The molecule has 0 bridgehead atoms. The molecule has 2 heterocycles. The van der Waals surface area contributed by atoms with E-state index in [4.69, 9.17) is 4.74 Å². The fourth-order valence-electron chi connectivity index (χ4n) is 1.84. The van der Waals surface area contributed by atoms with Crippen molar-refractivity contribution in [1.82, 2.24) is 10.3 Å². The van der Waals surface area contributed by atoms with Gasteiger partial charge in [0.15, 0.2) is 0 Å². The first-order valence-electron chi connectivity index (χ1n) is 5.65. The van der Waals surface area contributed by atoms with Gasteiger partial charge in [-0.2, -0.15) is 0 Å². The fraction of sp³-hybridized carbons (Fsp3) is 0.636. The van der Waals surface area contributed by atoms with Crippen LogP contribution in [0.5, 0.6) is 0 Å². The van der Waals surface area contributed by atoms with Gasteiger partial charge in [-0.3, -0.25) is 0 Å². The van der Waals surface area contributed by atoms with E-state index < -0.39 is 0 Å². The van der Waals surface area contributed by atoms with Crippen LogP contribution in [-0.2, 0) is 4.74 Å². The molecule has 88 valence electrons. The summed E-state index contributed by atoms with van der Waals surface area (Å²) in [4.78, 5) is 16.4. The molecule has 0 amide bonds. The molecule has 16 heavy (non-hydrogen) atoms. The van der Waals surface area contributed by atoms with Gasteiger partial charge in [-0.1, -0.05) is 0 Å². The van der Waals surface area contributed by atoms with Crippen molar-refractivity contribution in [2.75, 3.05) is 19.7 Å². The smallest absolute Gasteiger partial charge is 0.349 e. The number of aromatic nitrogens is 1. The number of carbonyl (C=O) groups excluding carboxylic acids is 1. The van der Waals surface area contributed by atoms with Gasteiger partial charge in [-0.05, 0) is 32.9 Å². The van der Waals surface area contributed by atoms with Gasteiger partial charge in [0, 0.05) is 5.92 Å². The third kappa shape index (κ3) is 2.59. The Hall–Kier alpha value is -0.940. The zero-order valence-electron chi connectivity index (χ0n) is 9.36. The zero-order chi connectivity index (χ0) is 11.4. The molecule has 1 aliphatic rings. The second kappa shape index (κ2) is 5.41. The summed E-state index contributed by atoms with van der Waals surface area (Å²) in [5, 5.41) is 4.39. The first-order chi connectivity index (χ1) is 7.81. The first kappa shape index (κ1) is 11.5. The molecule has 0 saturated carbocycles. The van der Waals surface area contributed by atoms with E-state index in [9.17, 15) is 4.79 Å². The number of hydrogen-bond acceptors (Lipinski definition) is 5. The minimum absolute atomic E-state index is 0.250. The van der Waals surface area contributed by atoms with Gasteiger partial charge in [0.1, 0.15) is 4.88 Å². The van der Waals surface area contributed by atoms with Crippen molar-refractivity contribution in [3.63, 3.8) is 0 Å². The van der Waals surface area contributed by atoms with Gasteiger partial charge in [-0.15, -0.1) is 11.3 Å². The summed E-state index contributed by atoms with van der Waals surface area (Å²) in [6, 6.07) is 0. The minimum Gasteiger partial charge on any atom is -0.462 e. The molecule has 1 aromatic heterocycles. The lowest BCUT2D eigenvalue weighted by Crippen LogP contribution is -2.26. The van der Waals surface area contributed by atoms with Crippen LogP contribution in [0.1, 0.15) is 40.4 Å². The van der Waals surface area contributed by atoms with Gasteiger partial charge in [0.05, 0.1) is 17.8 Å². The predicted octanol–water partition coefficient (Wildman–Crippen LogP) is 1.79. The molecule has 1 aromatic rings. The number of nitrogens with zero attached hydrogens (tertiary/aromatic N) is 1. The van der Waals surface area contributed by atoms with Gasteiger partial charge < -0.3 is 10.1 Å². The van der Waals surface area contributed by atoms with Crippen LogP contribution < -0.4 is 5.32 Å². The number of nitrogens with one attached hydrogen (secondary N) is 1. The van der Waals surface area contributed by atoms with Crippen LogP contribution in [0.3, 0.4) is 0 Å². The maximum atomic E-state index is 11.5. The van der Waals surface area contributed by atoms with E-state index in [0.29, 0.717) is 17.4 Å².